The zero-order valence-corrected chi connectivity index (χ0v) is 16.6. The Morgan fingerprint density at radius 3 is 2.23 bits per heavy atom. The third-order valence-corrected chi connectivity index (χ3v) is 7.07. The molecule has 0 saturated heterocycles. The van der Waals surface area contributed by atoms with Crippen molar-refractivity contribution in [1.29, 1.82) is 0 Å². The van der Waals surface area contributed by atoms with Gasteiger partial charge in [-0.2, -0.15) is 0 Å². The summed E-state index contributed by atoms with van der Waals surface area (Å²) < 4.78 is 6.40. The van der Waals surface area contributed by atoms with Gasteiger partial charge in [-0.15, -0.1) is 22.7 Å². The molecule has 0 radical (unpaired) electrons. The van der Waals surface area contributed by atoms with Crippen LogP contribution in [0.2, 0.25) is 0 Å². The first-order valence-electron chi connectivity index (χ1n) is 8.97. The molecule has 1 fully saturated rings. The van der Waals surface area contributed by atoms with E-state index in [2.05, 4.69) is 11.9 Å². The van der Waals surface area contributed by atoms with Gasteiger partial charge in [0.2, 0.25) is 5.60 Å². The molecule has 3 N–H and O–H groups in total. The van der Waals surface area contributed by atoms with Crippen LogP contribution in [-0.4, -0.2) is 48.3 Å². The van der Waals surface area contributed by atoms with E-state index in [4.69, 9.17) is 10.5 Å². The van der Waals surface area contributed by atoms with E-state index in [0.29, 0.717) is 12.6 Å². The lowest BCUT2D eigenvalue weighted by atomic mass is 9.90. The number of carboxylic acid groups (broad SMARTS) is 1. The number of nitrogens with zero attached hydrogens (tertiary/aromatic N) is 1. The third-order valence-electron chi connectivity index (χ3n) is 5.13. The second-order valence-electron chi connectivity index (χ2n) is 6.76. The Labute approximate surface area is 162 Å². The summed E-state index contributed by atoms with van der Waals surface area (Å²) in [5, 5.41) is 14.0. The van der Waals surface area contributed by atoms with Crippen molar-refractivity contribution < 1.29 is 14.6 Å². The summed E-state index contributed by atoms with van der Waals surface area (Å²) in [4.78, 5) is 16.2. The van der Waals surface area contributed by atoms with Crippen molar-refractivity contribution in [3.63, 3.8) is 0 Å². The smallest absolute Gasteiger partial charge is 0.347 e. The van der Waals surface area contributed by atoms with Crippen molar-refractivity contribution in [1.82, 2.24) is 4.90 Å². The summed E-state index contributed by atoms with van der Waals surface area (Å²) in [6, 6.07) is 7.99. The summed E-state index contributed by atoms with van der Waals surface area (Å²) in [5.41, 5.74) is 4.26. The molecule has 1 aliphatic rings. The lowest BCUT2D eigenvalue weighted by Crippen LogP contribution is -2.45. The number of carboxylic acids is 1. The fourth-order valence-electron chi connectivity index (χ4n) is 3.70. The van der Waals surface area contributed by atoms with Gasteiger partial charge in [0.05, 0.1) is 15.9 Å². The number of carbonyl (C=O) groups is 1. The van der Waals surface area contributed by atoms with Crippen LogP contribution >= 0.6 is 22.7 Å². The fourth-order valence-corrected chi connectivity index (χ4v) is 5.51. The van der Waals surface area contributed by atoms with E-state index in [1.54, 1.807) is 0 Å². The molecule has 5 nitrogen and oxygen atoms in total. The maximum absolute atomic E-state index is 12.4. The van der Waals surface area contributed by atoms with Gasteiger partial charge in [0.1, 0.15) is 0 Å². The van der Waals surface area contributed by atoms with Crippen LogP contribution in [0.3, 0.4) is 0 Å². The zero-order valence-electron chi connectivity index (χ0n) is 15.0. The molecule has 0 amide bonds. The van der Waals surface area contributed by atoms with Crippen LogP contribution in [-0.2, 0) is 15.1 Å². The van der Waals surface area contributed by atoms with E-state index in [0.717, 1.165) is 42.0 Å². The molecule has 0 unspecified atom stereocenters. The van der Waals surface area contributed by atoms with E-state index in [9.17, 15) is 9.90 Å². The van der Waals surface area contributed by atoms with Gasteiger partial charge in [0.25, 0.3) is 0 Å². The van der Waals surface area contributed by atoms with Gasteiger partial charge in [0, 0.05) is 19.1 Å². The molecule has 1 aliphatic carbocycles. The third kappa shape index (κ3) is 3.87. The van der Waals surface area contributed by atoms with E-state index in [1.165, 1.54) is 22.7 Å². The number of thiophene rings is 2. The highest BCUT2D eigenvalue weighted by molar-refractivity contribution is 7.12. The Kier molecular flexibility index (Phi) is 6.47. The first kappa shape index (κ1) is 19.5. The van der Waals surface area contributed by atoms with Gasteiger partial charge in [-0.25, -0.2) is 4.79 Å². The molecular weight excluding hydrogens is 368 g/mol. The largest absolute Gasteiger partial charge is 0.479 e. The van der Waals surface area contributed by atoms with E-state index in [-0.39, 0.29) is 6.10 Å². The predicted octanol–water partition coefficient (Wildman–Crippen LogP) is 3.36. The molecule has 0 aliphatic heterocycles. The van der Waals surface area contributed by atoms with Crippen molar-refractivity contribution in [2.75, 3.05) is 20.1 Å². The molecule has 7 heteroatoms. The van der Waals surface area contributed by atoms with Crippen LogP contribution in [0.4, 0.5) is 0 Å². The lowest BCUT2D eigenvalue weighted by Gasteiger charge is -2.38. The molecule has 2 aromatic rings. The first-order valence-corrected chi connectivity index (χ1v) is 10.7. The molecule has 26 heavy (non-hydrogen) atoms. The molecule has 0 aromatic carbocycles. The van der Waals surface area contributed by atoms with Crippen molar-refractivity contribution in [2.45, 2.75) is 43.4 Å². The van der Waals surface area contributed by atoms with E-state index < -0.39 is 11.6 Å². The highest BCUT2D eigenvalue weighted by Gasteiger charge is 2.48. The minimum atomic E-state index is -1.40. The van der Waals surface area contributed by atoms with Gasteiger partial charge in [-0.3, -0.25) is 0 Å². The number of aliphatic carboxylic acids is 1. The minimum Gasteiger partial charge on any atom is -0.479 e. The van der Waals surface area contributed by atoms with Crippen molar-refractivity contribution in [3.05, 3.63) is 44.8 Å². The molecule has 0 atom stereocenters. The second kappa shape index (κ2) is 8.63. The molecule has 0 bridgehead atoms. The second-order valence-corrected chi connectivity index (χ2v) is 8.65. The van der Waals surface area contributed by atoms with Crippen molar-refractivity contribution in [3.8, 4) is 0 Å². The Hall–Kier alpha value is -1.25. The van der Waals surface area contributed by atoms with Crippen molar-refractivity contribution in [2.24, 2.45) is 5.73 Å². The number of ether oxygens (including phenoxy) is 1. The summed E-state index contributed by atoms with van der Waals surface area (Å²) in [5.74, 6) is -0.940. The molecule has 0 spiro atoms. The zero-order chi connectivity index (χ0) is 18.6. The van der Waals surface area contributed by atoms with Gasteiger partial charge < -0.3 is 20.5 Å². The summed E-state index contributed by atoms with van der Waals surface area (Å²) in [7, 11) is 2.11. The SMILES string of the molecule is CN(CCN)[C@H]1CC[C@H](OC(C(=O)O)(c2cccs2)c2cccs2)CC1. The van der Waals surface area contributed by atoms with E-state index in [1.807, 2.05) is 35.0 Å². The molecule has 142 valence electrons. The van der Waals surface area contributed by atoms with Crippen LogP contribution in [0.1, 0.15) is 35.4 Å². The lowest BCUT2D eigenvalue weighted by molar-refractivity contribution is -0.170. The van der Waals surface area contributed by atoms with Crippen LogP contribution in [0.5, 0.6) is 0 Å². The number of rotatable bonds is 8. The highest BCUT2D eigenvalue weighted by Crippen LogP contribution is 2.42. The maximum atomic E-state index is 12.4. The normalized spacial score (nSPS) is 21.2. The van der Waals surface area contributed by atoms with Crippen LogP contribution in [0.25, 0.3) is 0 Å². The maximum Gasteiger partial charge on any atom is 0.347 e. The first-order chi connectivity index (χ1) is 12.6. The van der Waals surface area contributed by atoms with Gasteiger partial charge in [0.15, 0.2) is 0 Å². The number of hydrogen-bond acceptors (Lipinski definition) is 6. The van der Waals surface area contributed by atoms with Crippen LogP contribution in [0, 0.1) is 0 Å². The Balaban J connectivity index is 1.79. The van der Waals surface area contributed by atoms with Crippen molar-refractivity contribution >= 4 is 28.6 Å². The summed E-state index contributed by atoms with van der Waals surface area (Å²) >= 11 is 2.87. The number of nitrogens with two attached hydrogens (primary N) is 1. The molecule has 2 aromatic heterocycles. The number of hydrogen-bond donors (Lipinski definition) is 2. The standard InChI is InChI=1S/C19H26N2O3S2/c1-21(11-10-20)14-6-8-15(9-7-14)24-19(18(22)23,16-4-2-12-25-16)17-5-3-13-26-17/h2-5,12-15H,6-11,20H2,1H3,(H,22,23)/t14-,15-. The topological polar surface area (TPSA) is 75.8 Å². The monoisotopic (exact) mass is 394 g/mol. The highest BCUT2D eigenvalue weighted by atomic mass is 32.1. The molecule has 2 heterocycles. The van der Waals surface area contributed by atoms with Crippen LogP contribution < -0.4 is 5.73 Å². The fraction of sp³-hybridized carbons (Fsp3) is 0.526. The Morgan fingerprint density at radius 2 is 1.81 bits per heavy atom. The molecule has 1 saturated carbocycles. The Bertz CT molecular complexity index is 645. The molecule has 3 rings (SSSR count). The van der Waals surface area contributed by atoms with Crippen LogP contribution in [0.15, 0.2) is 35.0 Å². The van der Waals surface area contributed by atoms with Gasteiger partial charge >= 0.3 is 5.97 Å². The average molecular weight is 395 g/mol. The Morgan fingerprint density at radius 1 is 1.23 bits per heavy atom. The molecular formula is C19H26N2O3S2. The quantitative estimate of drug-likeness (QED) is 0.718. The van der Waals surface area contributed by atoms with Gasteiger partial charge in [-0.1, -0.05) is 12.1 Å². The van der Waals surface area contributed by atoms with Gasteiger partial charge in [-0.05, 0) is 55.6 Å². The summed E-state index contributed by atoms with van der Waals surface area (Å²) in [6.45, 7) is 1.55. The predicted molar refractivity (Wildman–Crippen MR) is 106 cm³/mol. The minimum absolute atomic E-state index is 0.0576. The number of likely N-dealkylation sites (N-methyl/N-ethyl adjacent to an activating group) is 1. The summed E-state index contributed by atoms with van der Waals surface area (Å²) in [6.07, 6.45) is 3.69. The average Bonchev–Trinajstić information content (AvgIpc) is 3.34. The van der Waals surface area contributed by atoms with E-state index >= 15 is 0 Å².